The predicted octanol–water partition coefficient (Wildman–Crippen LogP) is 2.69. The molecule has 0 aliphatic heterocycles. The Morgan fingerprint density at radius 3 is 2.67 bits per heavy atom. The van der Waals surface area contributed by atoms with Gasteiger partial charge in [-0.05, 0) is 12.1 Å². The van der Waals surface area contributed by atoms with E-state index in [0.717, 1.165) is 11.4 Å². The van der Waals surface area contributed by atoms with E-state index in [2.05, 4.69) is 9.97 Å². The van der Waals surface area contributed by atoms with Gasteiger partial charge in [-0.25, -0.2) is 9.97 Å². The zero-order valence-corrected chi connectivity index (χ0v) is 13.6. The number of nitrogen functional groups attached to an aromatic ring is 1. The van der Waals surface area contributed by atoms with Crippen LogP contribution in [0.5, 0.6) is 0 Å². The maximum absolute atomic E-state index is 12.5. The van der Waals surface area contributed by atoms with E-state index >= 15 is 0 Å². The molecule has 2 heterocycles. The van der Waals surface area contributed by atoms with Gasteiger partial charge in [0.2, 0.25) is 0 Å². The van der Waals surface area contributed by atoms with Crippen LogP contribution < -0.4 is 5.73 Å². The van der Waals surface area contributed by atoms with E-state index in [0.29, 0.717) is 17.9 Å². The summed E-state index contributed by atoms with van der Waals surface area (Å²) in [4.78, 5) is 22.7. The summed E-state index contributed by atoms with van der Waals surface area (Å²) >= 11 is 1.52. The van der Waals surface area contributed by atoms with Gasteiger partial charge in [0.05, 0.1) is 17.7 Å². The van der Waals surface area contributed by atoms with Crippen LogP contribution in [0.4, 0.5) is 5.82 Å². The Labute approximate surface area is 128 Å². The van der Waals surface area contributed by atoms with Gasteiger partial charge in [-0.3, -0.25) is 4.79 Å². The SMILES string of the molecule is CN(Cc1cscn1)C(=O)c1cc(N)nc(C(C)(C)C)c1. The number of rotatable bonds is 3. The first kappa shape index (κ1) is 15.4. The second-order valence-corrected chi connectivity index (χ2v) is 6.78. The smallest absolute Gasteiger partial charge is 0.254 e. The molecule has 2 N–H and O–H groups in total. The molecule has 0 saturated heterocycles. The predicted molar refractivity (Wildman–Crippen MR) is 85.3 cm³/mol. The number of nitrogens with two attached hydrogens (primary N) is 1. The lowest BCUT2D eigenvalue weighted by atomic mass is 9.90. The number of aromatic nitrogens is 2. The average molecular weight is 304 g/mol. The number of hydrogen-bond donors (Lipinski definition) is 1. The summed E-state index contributed by atoms with van der Waals surface area (Å²) in [6.07, 6.45) is 0. The highest BCUT2D eigenvalue weighted by molar-refractivity contribution is 7.07. The zero-order chi connectivity index (χ0) is 15.6. The highest BCUT2D eigenvalue weighted by Gasteiger charge is 2.20. The molecule has 0 radical (unpaired) electrons. The fourth-order valence-corrected chi connectivity index (χ4v) is 2.46. The number of carbonyl (C=O) groups is 1. The molecule has 0 fully saturated rings. The van der Waals surface area contributed by atoms with Gasteiger partial charge in [0.15, 0.2) is 0 Å². The van der Waals surface area contributed by atoms with Gasteiger partial charge in [0.25, 0.3) is 5.91 Å². The third kappa shape index (κ3) is 3.78. The fraction of sp³-hybridized carbons (Fsp3) is 0.400. The van der Waals surface area contributed by atoms with Gasteiger partial charge in [0.1, 0.15) is 5.82 Å². The molecule has 2 aromatic heterocycles. The lowest BCUT2D eigenvalue weighted by Gasteiger charge is -2.21. The first-order valence-electron chi connectivity index (χ1n) is 6.68. The summed E-state index contributed by atoms with van der Waals surface area (Å²) in [5.74, 6) is 0.287. The lowest BCUT2D eigenvalue weighted by molar-refractivity contribution is 0.0783. The molecule has 0 aliphatic rings. The third-order valence-electron chi connectivity index (χ3n) is 3.09. The summed E-state index contributed by atoms with van der Waals surface area (Å²) in [7, 11) is 1.76. The van der Waals surface area contributed by atoms with Crippen molar-refractivity contribution in [2.75, 3.05) is 12.8 Å². The number of anilines is 1. The van der Waals surface area contributed by atoms with Crippen molar-refractivity contribution >= 4 is 23.1 Å². The van der Waals surface area contributed by atoms with Crippen molar-refractivity contribution in [3.05, 3.63) is 40.0 Å². The molecule has 2 aromatic rings. The van der Waals surface area contributed by atoms with E-state index in [-0.39, 0.29) is 11.3 Å². The standard InChI is InChI=1S/C15H20N4OS/c1-15(2,3)12-5-10(6-13(16)18-12)14(20)19(4)7-11-8-21-9-17-11/h5-6,8-9H,7H2,1-4H3,(H2,16,18). The van der Waals surface area contributed by atoms with Crippen LogP contribution in [0.15, 0.2) is 23.0 Å². The van der Waals surface area contributed by atoms with Gasteiger partial charge < -0.3 is 10.6 Å². The Bertz CT molecular complexity index is 632. The van der Waals surface area contributed by atoms with Gasteiger partial charge in [-0.2, -0.15) is 0 Å². The van der Waals surface area contributed by atoms with Gasteiger partial charge in [-0.15, -0.1) is 11.3 Å². The normalized spacial score (nSPS) is 11.4. The van der Waals surface area contributed by atoms with Crippen molar-refractivity contribution in [1.29, 1.82) is 0 Å². The molecule has 5 nitrogen and oxygen atoms in total. The molecule has 0 aromatic carbocycles. The molecule has 6 heteroatoms. The average Bonchev–Trinajstić information content (AvgIpc) is 2.88. The second kappa shape index (κ2) is 5.81. The Morgan fingerprint density at radius 1 is 1.38 bits per heavy atom. The molecule has 0 bridgehead atoms. The minimum absolute atomic E-state index is 0.0809. The highest BCUT2D eigenvalue weighted by atomic mass is 32.1. The topological polar surface area (TPSA) is 72.1 Å². The van der Waals surface area contributed by atoms with Crippen LogP contribution in [0, 0.1) is 0 Å². The molecular formula is C15H20N4OS. The summed E-state index contributed by atoms with van der Waals surface area (Å²) in [6, 6.07) is 3.44. The van der Waals surface area contributed by atoms with E-state index in [1.165, 1.54) is 11.3 Å². The third-order valence-corrected chi connectivity index (χ3v) is 3.73. The van der Waals surface area contributed by atoms with E-state index < -0.39 is 0 Å². The quantitative estimate of drug-likeness (QED) is 0.946. The molecule has 0 saturated carbocycles. The molecule has 1 amide bonds. The van der Waals surface area contributed by atoms with Gasteiger partial charge >= 0.3 is 0 Å². The van der Waals surface area contributed by atoms with E-state index in [9.17, 15) is 4.79 Å². The summed E-state index contributed by atoms with van der Waals surface area (Å²) in [6.45, 7) is 6.61. The van der Waals surface area contributed by atoms with Gasteiger partial charge in [0, 0.05) is 29.1 Å². The highest BCUT2D eigenvalue weighted by Crippen LogP contribution is 2.23. The Hall–Kier alpha value is -1.95. The van der Waals surface area contributed by atoms with Crippen LogP contribution in [0.25, 0.3) is 0 Å². The maximum Gasteiger partial charge on any atom is 0.254 e. The summed E-state index contributed by atoms with van der Waals surface area (Å²) in [5, 5.41) is 1.94. The molecule has 0 spiro atoms. The Balaban J connectivity index is 2.24. The summed E-state index contributed by atoms with van der Waals surface area (Å²) in [5.41, 5.74) is 9.70. The van der Waals surface area contributed by atoms with Crippen LogP contribution in [0.3, 0.4) is 0 Å². The fourth-order valence-electron chi connectivity index (χ4n) is 1.91. The molecule has 0 aliphatic carbocycles. The van der Waals surface area contributed by atoms with Crippen LogP contribution in [0.2, 0.25) is 0 Å². The number of thiazole rings is 1. The van der Waals surface area contributed by atoms with Crippen molar-refractivity contribution in [2.24, 2.45) is 0 Å². The first-order valence-corrected chi connectivity index (χ1v) is 7.62. The van der Waals surface area contributed by atoms with Crippen molar-refractivity contribution in [1.82, 2.24) is 14.9 Å². The zero-order valence-electron chi connectivity index (χ0n) is 12.8. The number of hydrogen-bond acceptors (Lipinski definition) is 5. The molecule has 21 heavy (non-hydrogen) atoms. The second-order valence-electron chi connectivity index (χ2n) is 6.06. The van der Waals surface area contributed by atoms with E-state index in [1.54, 1.807) is 23.5 Å². The Morgan fingerprint density at radius 2 is 2.10 bits per heavy atom. The monoisotopic (exact) mass is 304 g/mol. The minimum atomic E-state index is -0.155. The summed E-state index contributed by atoms with van der Waals surface area (Å²) < 4.78 is 0. The van der Waals surface area contributed by atoms with Crippen molar-refractivity contribution in [2.45, 2.75) is 32.7 Å². The molecule has 0 unspecified atom stereocenters. The van der Waals surface area contributed by atoms with E-state index in [1.807, 2.05) is 32.2 Å². The molecule has 112 valence electrons. The lowest BCUT2D eigenvalue weighted by Crippen LogP contribution is -2.27. The van der Waals surface area contributed by atoms with Crippen LogP contribution >= 0.6 is 11.3 Å². The minimum Gasteiger partial charge on any atom is -0.384 e. The molecule has 2 rings (SSSR count). The van der Waals surface area contributed by atoms with Crippen molar-refractivity contribution < 1.29 is 4.79 Å². The maximum atomic E-state index is 12.5. The van der Waals surface area contributed by atoms with Crippen LogP contribution in [-0.4, -0.2) is 27.8 Å². The number of nitrogens with zero attached hydrogens (tertiary/aromatic N) is 3. The van der Waals surface area contributed by atoms with Crippen molar-refractivity contribution in [3.8, 4) is 0 Å². The first-order chi connectivity index (χ1) is 9.77. The van der Waals surface area contributed by atoms with Crippen LogP contribution in [0.1, 0.15) is 42.5 Å². The number of amides is 1. The number of carbonyl (C=O) groups excluding carboxylic acids is 1. The largest absolute Gasteiger partial charge is 0.384 e. The Kier molecular flexibility index (Phi) is 4.27. The van der Waals surface area contributed by atoms with Crippen molar-refractivity contribution in [3.63, 3.8) is 0 Å². The van der Waals surface area contributed by atoms with Gasteiger partial charge in [-0.1, -0.05) is 20.8 Å². The molecule has 0 atom stereocenters. The van der Waals surface area contributed by atoms with Crippen LogP contribution in [-0.2, 0) is 12.0 Å². The van der Waals surface area contributed by atoms with E-state index in [4.69, 9.17) is 5.73 Å². The molecular weight excluding hydrogens is 284 g/mol. The number of pyridine rings is 1.